The summed E-state index contributed by atoms with van der Waals surface area (Å²) in [4.78, 5) is 48.5. The summed E-state index contributed by atoms with van der Waals surface area (Å²) < 4.78 is 16.0. The van der Waals surface area contributed by atoms with Crippen molar-refractivity contribution in [3.8, 4) is 11.5 Å². The van der Waals surface area contributed by atoms with Crippen LogP contribution in [-0.2, 0) is 25.5 Å². The number of esters is 2. The van der Waals surface area contributed by atoms with Crippen molar-refractivity contribution < 1.29 is 38.5 Å². The van der Waals surface area contributed by atoms with Crippen molar-refractivity contribution in [2.24, 2.45) is 10.8 Å². The number of ether oxygens (including phenoxy) is 3. The van der Waals surface area contributed by atoms with Crippen molar-refractivity contribution in [2.45, 2.75) is 80.4 Å². The normalized spacial score (nSPS) is 12.6. The van der Waals surface area contributed by atoms with E-state index in [1.165, 1.54) is 18.2 Å². The number of rotatable bonds is 6. The van der Waals surface area contributed by atoms with Crippen LogP contribution >= 0.6 is 12.4 Å². The minimum atomic E-state index is -1.30. The maximum atomic E-state index is 12.5. The van der Waals surface area contributed by atoms with Crippen LogP contribution in [0.2, 0.25) is 0 Å². The molecule has 0 heterocycles. The number of hydrogen-bond donors (Lipinski definition) is 2. The Kier molecular flexibility index (Phi) is 10.6. The van der Waals surface area contributed by atoms with E-state index in [2.05, 4.69) is 5.32 Å². The molecule has 0 aliphatic rings. The lowest BCUT2D eigenvalue weighted by Crippen LogP contribution is -2.44. The summed E-state index contributed by atoms with van der Waals surface area (Å²) in [6.07, 6.45) is -0.993. The minimum Gasteiger partial charge on any atom is -0.480 e. The quantitative estimate of drug-likeness (QED) is 0.429. The van der Waals surface area contributed by atoms with Gasteiger partial charge in [0.1, 0.15) is 11.6 Å². The van der Waals surface area contributed by atoms with E-state index in [1.54, 1.807) is 62.3 Å². The van der Waals surface area contributed by atoms with E-state index in [0.717, 1.165) is 0 Å². The average Bonchev–Trinajstić information content (AvgIpc) is 2.59. The molecular weight excluding hydrogens is 466 g/mol. The number of alkyl carbamates (subject to hydrolysis) is 1. The summed E-state index contributed by atoms with van der Waals surface area (Å²) in [6.45, 7) is 15.1. The predicted octanol–water partition coefficient (Wildman–Crippen LogP) is 4.53. The van der Waals surface area contributed by atoms with Gasteiger partial charge in [0.15, 0.2) is 11.5 Å². The van der Waals surface area contributed by atoms with Crippen molar-refractivity contribution >= 4 is 36.4 Å². The van der Waals surface area contributed by atoms with Crippen molar-refractivity contribution in [3.63, 3.8) is 0 Å². The third-order valence-electron chi connectivity index (χ3n) is 4.07. The fourth-order valence-corrected chi connectivity index (χ4v) is 2.24. The molecule has 10 heteroatoms. The van der Waals surface area contributed by atoms with Gasteiger partial charge in [-0.15, -0.1) is 12.4 Å². The first kappa shape index (κ1) is 31.2. The Hall–Kier alpha value is -2.81. The van der Waals surface area contributed by atoms with Crippen molar-refractivity contribution in [1.29, 1.82) is 0 Å². The molecule has 0 spiro atoms. The second kappa shape index (κ2) is 11.6. The second-order valence-electron chi connectivity index (χ2n) is 10.8. The number of carbonyl (C=O) groups excluding carboxylic acids is 3. The molecule has 0 saturated carbocycles. The fraction of sp³-hybridized carbons (Fsp3) is 0.583. The summed E-state index contributed by atoms with van der Waals surface area (Å²) >= 11 is 0. The third-order valence-corrected chi connectivity index (χ3v) is 4.07. The topological polar surface area (TPSA) is 128 Å². The van der Waals surface area contributed by atoms with Crippen LogP contribution in [0.1, 0.15) is 67.9 Å². The molecule has 34 heavy (non-hydrogen) atoms. The number of carboxylic acid groups (broad SMARTS) is 1. The largest absolute Gasteiger partial charge is 0.480 e. The van der Waals surface area contributed by atoms with E-state index in [9.17, 15) is 24.3 Å². The molecule has 1 atom stereocenters. The standard InChI is InChI=1S/C24H35NO8.ClH/c1-22(2,3)19(28)31-16-11-10-14(13-17(16)32-20(29)23(4,5)6)12-15(18(26)27)25-21(30)33-24(7,8)9;/h10-11,13,15H,12H2,1-9H3,(H,25,30)(H,26,27);1H/t15-;/m0./s1. The Morgan fingerprint density at radius 1 is 0.853 bits per heavy atom. The number of benzene rings is 1. The van der Waals surface area contributed by atoms with Crippen LogP contribution in [0.15, 0.2) is 18.2 Å². The molecule has 0 aliphatic heterocycles. The third kappa shape index (κ3) is 10.4. The second-order valence-corrected chi connectivity index (χ2v) is 10.8. The first-order valence-corrected chi connectivity index (χ1v) is 10.6. The Morgan fingerprint density at radius 3 is 1.74 bits per heavy atom. The van der Waals surface area contributed by atoms with Crippen LogP contribution < -0.4 is 14.8 Å². The molecule has 0 aliphatic carbocycles. The number of nitrogens with one attached hydrogen (secondary N) is 1. The van der Waals surface area contributed by atoms with Crippen LogP contribution in [-0.4, -0.2) is 40.8 Å². The monoisotopic (exact) mass is 501 g/mol. The molecule has 1 aromatic carbocycles. The highest BCUT2D eigenvalue weighted by Gasteiger charge is 2.29. The summed E-state index contributed by atoms with van der Waals surface area (Å²) in [5, 5.41) is 11.9. The van der Waals surface area contributed by atoms with Crippen molar-refractivity contribution in [2.75, 3.05) is 0 Å². The average molecular weight is 502 g/mol. The molecule has 0 bridgehead atoms. The molecular formula is C24H36ClNO8. The van der Waals surface area contributed by atoms with Crippen molar-refractivity contribution in [1.82, 2.24) is 5.32 Å². The van der Waals surface area contributed by atoms with Crippen molar-refractivity contribution in [3.05, 3.63) is 23.8 Å². The van der Waals surface area contributed by atoms with Crippen LogP contribution in [0, 0.1) is 10.8 Å². The highest BCUT2D eigenvalue weighted by molar-refractivity contribution is 5.85. The van der Waals surface area contributed by atoms with E-state index < -0.39 is 46.5 Å². The van der Waals surface area contributed by atoms with Crippen LogP contribution in [0.4, 0.5) is 4.79 Å². The first-order chi connectivity index (χ1) is 14.8. The zero-order chi connectivity index (χ0) is 25.8. The Morgan fingerprint density at radius 2 is 1.32 bits per heavy atom. The maximum absolute atomic E-state index is 12.5. The van der Waals surface area contributed by atoms with E-state index in [4.69, 9.17) is 14.2 Å². The lowest BCUT2D eigenvalue weighted by atomic mass is 9.97. The van der Waals surface area contributed by atoms with Gasteiger partial charge in [-0.3, -0.25) is 9.59 Å². The summed E-state index contributed by atoms with van der Waals surface area (Å²) in [5.74, 6) is -2.35. The maximum Gasteiger partial charge on any atom is 0.408 e. The minimum absolute atomic E-state index is 0. The Balaban J connectivity index is 0.0000109. The van der Waals surface area contributed by atoms with Gasteiger partial charge < -0.3 is 24.6 Å². The molecule has 0 unspecified atom stereocenters. The molecule has 2 N–H and O–H groups in total. The van der Waals surface area contributed by atoms with E-state index in [-0.39, 0.29) is 30.3 Å². The van der Waals surface area contributed by atoms with Crippen LogP contribution in [0.25, 0.3) is 0 Å². The summed E-state index contributed by atoms with van der Waals surface area (Å²) in [6, 6.07) is 3.08. The Labute approximate surface area is 206 Å². The lowest BCUT2D eigenvalue weighted by molar-refractivity contribution is -0.145. The summed E-state index contributed by atoms with van der Waals surface area (Å²) in [7, 11) is 0. The molecule has 9 nitrogen and oxygen atoms in total. The number of halogens is 1. The van der Waals surface area contributed by atoms with Gasteiger partial charge in [0.05, 0.1) is 10.8 Å². The fourth-order valence-electron chi connectivity index (χ4n) is 2.24. The molecule has 0 saturated heterocycles. The van der Waals surface area contributed by atoms with Crippen LogP contribution in [0.5, 0.6) is 11.5 Å². The van der Waals surface area contributed by atoms with Gasteiger partial charge in [-0.05, 0) is 80.0 Å². The molecule has 0 radical (unpaired) electrons. The van der Waals surface area contributed by atoms with Gasteiger partial charge in [0.2, 0.25) is 0 Å². The van der Waals surface area contributed by atoms with E-state index in [0.29, 0.717) is 5.56 Å². The molecule has 192 valence electrons. The van der Waals surface area contributed by atoms with Gasteiger partial charge in [-0.1, -0.05) is 6.07 Å². The molecule has 0 aromatic heterocycles. The van der Waals surface area contributed by atoms with Gasteiger partial charge >= 0.3 is 24.0 Å². The zero-order valence-corrected chi connectivity index (χ0v) is 22.0. The number of carbonyl (C=O) groups is 4. The highest BCUT2D eigenvalue weighted by atomic mass is 35.5. The number of carboxylic acids is 1. The molecule has 1 rings (SSSR count). The van der Waals surface area contributed by atoms with Gasteiger partial charge in [0, 0.05) is 6.42 Å². The number of hydrogen-bond acceptors (Lipinski definition) is 7. The van der Waals surface area contributed by atoms with Gasteiger partial charge in [0.25, 0.3) is 0 Å². The molecule has 0 fully saturated rings. The number of amides is 1. The van der Waals surface area contributed by atoms with Gasteiger partial charge in [-0.25, -0.2) is 9.59 Å². The summed E-state index contributed by atoms with van der Waals surface area (Å²) in [5.41, 5.74) is -1.98. The van der Waals surface area contributed by atoms with E-state index in [1.807, 2.05) is 0 Å². The first-order valence-electron chi connectivity index (χ1n) is 10.6. The predicted molar refractivity (Wildman–Crippen MR) is 128 cm³/mol. The molecule has 1 aromatic rings. The Bertz CT molecular complexity index is 907. The lowest BCUT2D eigenvalue weighted by Gasteiger charge is -2.23. The zero-order valence-electron chi connectivity index (χ0n) is 21.2. The number of aliphatic carboxylic acids is 1. The van der Waals surface area contributed by atoms with Crippen LogP contribution in [0.3, 0.4) is 0 Å². The highest BCUT2D eigenvalue weighted by Crippen LogP contribution is 2.33. The van der Waals surface area contributed by atoms with E-state index >= 15 is 0 Å². The van der Waals surface area contributed by atoms with Gasteiger partial charge in [-0.2, -0.15) is 0 Å². The smallest absolute Gasteiger partial charge is 0.408 e. The SMILES string of the molecule is CC(C)(C)OC(=O)N[C@@H](Cc1ccc(OC(=O)C(C)(C)C)c(OC(=O)C(C)(C)C)c1)C(=O)O.Cl. The molecule has 1 amide bonds.